The van der Waals surface area contributed by atoms with Crippen LogP contribution >= 0.6 is 30.1 Å². The number of rotatable bonds is 10. The number of aromatic nitrogens is 3. The van der Waals surface area contributed by atoms with Crippen LogP contribution in [0, 0.1) is 0 Å². The van der Waals surface area contributed by atoms with Gasteiger partial charge in [0.05, 0.1) is 35.9 Å². The monoisotopic (exact) mass is 694 g/mol. The fraction of sp³-hybridized carbons (Fsp3) is 0.441. The number of methoxy groups -OCH3 is 1. The van der Waals surface area contributed by atoms with Crippen LogP contribution in [-0.2, 0) is 11.0 Å². The van der Waals surface area contributed by atoms with Gasteiger partial charge in [-0.2, -0.15) is 4.98 Å². The second-order valence-electron chi connectivity index (χ2n) is 12.7. The molecule has 10 nitrogen and oxygen atoms in total. The molecule has 2 aliphatic rings. The maximum atomic E-state index is 13.4. The minimum absolute atomic E-state index is 0.351. The first kappa shape index (κ1) is 33.7. The number of likely N-dealkylation sites (N-methyl/N-ethyl adjacent to an activating group) is 1. The lowest BCUT2D eigenvalue weighted by molar-refractivity contribution is 0.0982. The maximum absolute atomic E-state index is 13.4. The largest absolute Gasteiger partial charge is 0.494 e. The van der Waals surface area contributed by atoms with E-state index in [1.165, 1.54) is 35.4 Å². The summed E-state index contributed by atoms with van der Waals surface area (Å²) in [6.45, 7) is 12.4. The zero-order chi connectivity index (χ0) is 33.1. The first-order valence-corrected chi connectivity index (χ1v) is 20.1. The van der Waals surface area contributed by atoms with Gasteiger partial charge in [0.1, 0.15) is 17.9 Å². The van der Waals surface area contributed by atoms with E-state index in [1.807, 2.05) is 23.6 Å². The minimum atomic E-state index is -2.67. The van der Waals surface area contributed by atoms with Gasteiger partial charge in [0.15, 0.2) is 5.82 Å². The van der Waals surface area contributed by atoms with Gasteiger partial charge < -0.3 is 29.7 Å². The summed E-state index contributed by atoms with van der Waals surface area (Å²) in [7, 11) is 1.24. The summed E-state index contributed by atoms with van der Waals surface area (Å²) in [5.41, 5.74) is 7.48. The average molecular weight is 695 g/mol. The normalized spacial score (nSPS) is 16.8. The summed E-state index contributed by atoms with van der Waals surface area (Å²) in [6.07, 6.45) is 4.79. The Labute approximate surface area is 286 Å². The molecule has 250 valence electrons. The van der Waals surface area contributed by atoms with Crippen molar-refractivity contribution >= 4 is 64.2 Å². The number of halogens is 1. The number of benzene rings is 2. The number of hydrogen-bond acceptors (Lipinski definition) is 11. The van der Waals surface area contributed by atoms with Gasteiger partial charge in [-0.25, -0.2) is 9.97 Å². The molecule has 0 atom stereocenters. The molecule has 4 aromatic rings. The number of hydrogen-bond donors (Lipinski definition) is 2. The zero-order valence-electron chi connectivity index (χ0n) is 27.8. The molecule has 2 N–H and O–H groups in total. The van der Waals surface area contributed by atoms with Crippen LogP contribution in [0.25, 0.3) is 11.3 Å². The lowest BCUT2D eigenvalue weighted by atomic mass is 9.99. The predicted molar refractivity (Wildman–Crippen MR) is 197 cm³/mol. The standard InChI is InChI=1S/C34H44ClN8O2PS/c1-6-23-17-28(31(45-3)19-30(23)43-11-9-25(10-12-43)42-15-13-41(2)14-16-42)39-34-36-20-26(35)33(40-34)38-27-8-7-24(29-21-47-22-37-29)18-32(27)46(4,5)44/h7-8,17-22,25H,6,9-16H2,1-5H3,(H2,36,38,39,40). The number of piperazine rings is 1. The van der Waals surface area contributed by atoms with Crippen molar-refractivity contribution in [3.8, 4) is 17.0 Å². The van der Waals surface area contributed by atoms with Crippen LogP contribution in [0.3, 0.4) is 0 Å². The summed E-state index contributed by atoms with van der Waals surface area (Å²) >= 11 is 8.10. The Balaban J connectivity index is 1.21. The molecule has 6 rings (SSSR count). The van der Waals surface area contributed by atoms with Crippen LogP contribution in [0.1, 0.15) is 25.3 Å². The lowest BCUT2D eigenvalue weighted by Gasteiger charge is -2.43. The van der Waals surface area contributed by atoms with Crippen LogP contribution in [0.4, 0.5) is 28.8 Å². The number of anilines is 5. The highest BCUT2D eigenvalue weighted by Crippen LogP contribution is 2.41. The highest BCUT2D eigenvalue weighted by molar-refractivity contribution is 7.70. The molecule has 0 bridgehead atoms. The molecular formula is C34H44ClN8O2PS. The quantitative estimate of drug-likeness (QED) is 0.173. The molecule has 0 spiro atoms. The summed E-state index contributed by atoms with van der Waals surface area (Å²) in [5.74, 6) is 1.51. The van der Waals surface area contributed by atoms with Gasteiger partial charge in [0.25, 0.3) is 0 Å². The number of nitrogens with zero attached hydrogens (tertiary/aromatic N) is 6. The molecule has 2 aromatic carbocycles. The van der Waals surface area contributed by atoms with Crippen molar-refractivity contribution < 1.29 is 9.30 Å². The van der Waals surface area contributed by atoms with Gasteiger partial charge in [0.2, 0.25) is 5.95 Å². The predicted octanol–water partition coefficient (Wildman–Crippen LogP) is 6.78. The number of nitrogens with one attached hydrogen (secondary N) is 2. The summed E-state index contributed by atoms with van der Waals surface area (Å²) in [5, 5.41) is 9.72. The molecule has 2 saturated heterocycles. The second-order valence-corrected chi connectivity index (χ2v) is 17.0. The van der Waals surface area contributed by atoms with Gasteiger partial charge in [-0.3, -0.25) is 4.90 Å². The Bertz CT molecular complexity index is 1730. The van der Waals surface area contributed by atoms with Crippen LogP contribution in [0.2, 0.25) is 5.02 Å². The van der Waals surface area contributed by atoms with Crippen molar-refractivity contribution in [2.75, 3.05) is 82.3 Å². The molecule has 0 unspecified atom stereocenters. The van der Waals surface area contributed by atoms with Crippen LogP contribution < -0.4 is 25.6 Å². The van der Waals surface area contributed by atoms with E-state index >= 15 is 0 Å². The van der Waals surface area contributed by atoms with Gasteiger partial charge in [-0.1, -0.05) is 24.6 Å². The van der Waals surface area contributed by atoms with E-state index in [4.69, 9.17) is 21.3 Å². The van der Waals surface area contributed by atoms with E-state index in [0.717, 1.165) is 68.4 Å². The molecule has 2 aliphatic heterocycles. The average Bonchev–Trinajstić information content (AvgIpc) is 3.61. The highest BCUT2D eigenvalue weighted by atomic mass is 35.5. The topological polar surface area (TPSA) is 98.7 Å². The van der Waals surface area contributed by atoms with Crippen LogP contribution in [0.5, 0.6) is 5.75 Å². The Hall–Kier alpha value is -3.21. The molecule has 0 radical (unpaired) electrons. The van der Waals surface area contributed by atoms with E-state index in [-0.39, 0.29) is 0 Å². The number of thiazole rings is 1. The smallest absolute Gasteiger partial charge is 0.229 e. The van der Waals surface area contributed by atoms with Crippen molar-refractivity contribution in [3.05, 3.63) is 58.0 Å². The van der Waals surface area contributed by atoms with Crippen molar-refractivity contribution in [1.29, 1.82) is 0 Å². The van der Waals surface area contributed by atoms with Gasteiger partial charge in [0, 0.05) is 73.3 Å². The molecule has 47 heavy (non-hydrogen) atoms. The number of aryl methyl sites for hydroxylation is 1. The lowest BCUT2D eigenvalue weighted by Crippen LogP contribution is -2.52. The minimum Gasteiger partial charge on any atom is -0.494 e. The fourth-order valence-electron chi connectivity index (χ4n) is 6.48. The van der Waals surface area contributed by atoms with Crippen molar-refractivity contribution in [2.45, 2.75) is 32.2 Å². The van der Waals surface area contributed by atoms with Crippen molar-refractivity contribution in [1.82, 2.24) is 24.8 Å². The second kappa shape index (κ2) is 14.5. The van der Waals surface area contributed by atoms with E-state index in [0.29, 0.717) is 33.8 Å². The van der Waals surface area contributed by atoms with Gasteiger partial charge in [-0.05, 0) is 63.4 Å². The molecular weight excluding hydrogens is 651 g/mol. The Morgan fingerprint density at radius 3 is 2.45 bits per heavy atom. The number of piperidine rings is 1. The summed E-state index contributed by atoms with van der Waals surface area (Å²) in [6, 6.07) is 10.7. The first-order chi connectivity index (χ1) is 22.6. The maximum Gasteiger partial charge on any atom is 0.229 e. The third-order valence-corrected chi connectivity index (χ3v) is 11.6. The number of ether oxygens (including phenoxy) is 1. The molecule has 13 heteroatoms. The third kappa shape index (κ3) is 7.76. The SMILES string of the molecule is CCc1cc(Nc2ncc(Cl)c(Nc3ccc(-c4cscn4)cc3P(C)(C)=O)n2)c(OC)cc1N1CCC(N2CCN(C)CC2)CC1. The molecule has 2 fully saturated rings. The van der Waals surface area contributed by atoms with Gasteiger partial charge >= 0.3 is 0 Å². The van der Waals surface area contributed by atoms with E-state index < -0.39 is 7.14 Å². The van der Waals surface area contributed by atoms with Crippen molar-refractivity contribution in [3.63, 3.8) is 0 Å². The molecule has 0 amide bonds. The van der Waals surface area contributed by atoms with Crippen LogP contribution in [-0.4, -0.2) is 97.5 Å². The summed E-state index contributed by atoms with van der Waals surface area (Å²) < 4.78 is 19.2. The first-order valence-electron chi connectivity index (χ1n) is 16.2. The Kier molecular flexibility index (Phi) is 10.4. The zero-order valence-corrected chi connectivity index (χ0v) is 30.3. The van der Waals surface area contributed by atoms with Gasteiger partial charge in [-0.15, -0.1) is 11.3 Å². The molecule has 0 saturated carbocycles. The van der Waals surface area contributed by atoms with E-state index in [2.05, 4.69) is 61.4 Å². The highest BCUT2D eigenvalue weighted by Gasteiger charge is 2.28. The van der Waals surface area contributed by atoms with E-state index in [1.54, 1.807) is 32.1 Å². The Morgan fingerprint density at radius 2 is 1.79 bits per heavy atom. The fourth-order valence-corrected chi connectivity index (χ4v) is 8.34. The molecule has 0 aliphatic carbocycles. The van der Waals surface area contributed by atoms with E-state index in [9.17, 15) is 4.57 Å². The van der Waals surface area contributed by atoms with Crippen LogP contribution in [0.15, 0.2) is 47.4 Å². The molecule has 2 aromatic heterocycles. The molecule has 4 heterocycles. The summed E-state index contributed by atoms with van der Waals surface area (Å²) in [4.78, 5) is 21.2. The third-order valence-electron chi connectivity index (χ3n) is 9.19. The van der Waals surface area contributed by atoms with Crippen molar-refractivity contribution in [2.24, 2.45) is 0 Å². The Morgan fingerprint density at radius 1 is 1.02 bits per heavy atom.